The Hall–Kier alpha value is -7.48. The Balaban J connectivity index is 0.965. The molecule has 1 nitrogen and oxygen atoms in total. The number of anilines is 3. The van der Waals surface area contributed by atoms with E-state index in [0.717, 1.165) is 29.9 Å². The van der Waals surface area contributed by atoms with Gasteiger partial charge in [-0.1, -0.05) is 181 Å². The minimum Gasteiger partial charge on any atom is -0.310 e. The Morgan fingerprint density at radius 1 is 0.317 bits per heavy atom. The molecule has 0 aliphatic heterocycles. The summed E-state index contributed by atoms with van der Waals surface area (Å²) in [7, 11) is 0. The van der Waals surface area contributed by atoms with Crippen molar-refractivity contribution in [1.29, 1.82) is 0 Å². The van der Waals surface area contributed by atoms with Crippen molar-refractivity contribution in [3.05, 3.63) is 262 Å². The molecule has 0 unspecified atom stereocenters. The first-order chi connectivity index (χ1) is 29.8. The smallest absolute Gasteiger partial charge is 0.0726 e. The van der Waals surface area contributed by atoms with Crippen LogP contribution in [0.3, 0.4) is 0 Å². The highest BCUT2D eigenvalue weighted by Crippen LogP contribution is 2.63. The molecule has 9 aromatic rings. The van der Waals surface area contributed by atoms with Crippen LogP contribution in [-0.2, 0) is 18.3 Å². The van der Waals surface area contributed by atoms with Crippen molar-refractivity contribution in [3.63, 3.8) is 0 Å². The average molecular weight is 762 g/mol. The minimum absolute atomic E-state index is 0.412. The summed E-state index contributed by atoms with van der Waals surface area (Å²) in [6, 6.07) is 79.3. The largest absolute Gasteiger partial charge is 0.310 e. The third kappa shape index (κ3) is 4.63. The van der Waals surface area contributed by atoms with Gasteiger partial charge in [-0.05, 0) is 144 Å². The SMILES string of the molecule is c1ccc(-c2ccc(N(c3ccc(-c4cccc5c4CC4=C5c5ccccc5C4)cc3)c3ccc4c(c3)C3(c5ccccc5-c5ccccc53)c3ccccc3-4)cc2)cc1. The lowest BCUT2D eigenvalue weighted by molar-refractivity contribution is 0.793. The lowest BCUT2D eigenvalue weighted by Gasteiger charge is -2.32. The second kappa shape index (κ2) is 12.8. The fourth-order valence-corrected chi connectivity index (χ4v) is 11.3. The van der Waals surface area contributed by atoms with Crippen LogP contribution in [0.25, 0.3) is 50.1 Å². The normalized spacial score (nSPS) is 14.3. The zero-order valence-corrected chi connectivity index (χ0v) is 33.1. The summed E-state index contributed by atoms with van der Waals surface area (Å²) in [6.45, 7) is 0. The number of hydrogen-bond donors (Lipinski definition) is 0. The molecule has 0 saturated carbocycles. The summed E-state index contributed by atoms with van der Waals surface area (Å²) in [5, 5.41) is 0. The van der Waals surface area contributed by atoms with Gasteiger partial charge in [0.25, 0.3) is 0 Å². The number of fused-ring (bicyclic) bond motifs is 14. The predicted octanol–water partition coefficient (Wildman–Crippen LogP) is 14.7. The van der Waals surface area contributed by atoms with Crippen molar-refractivity contribution in [2.24, 2.45) is 0 Å². The Kier molecular flexibility index (Phi) is 7.12. The van der Waals surface area contributed by atoms with Crippen LogP contribution < -0.4 is 4.90 Å². The Labute approximate surface area is 351 Å². The molecule has 60 heavy (non-hydrogen) atoms. The Morgan fingerprint density at radius 3 is 1.45 bits per heavy atom. The molecule has 0 fully saturated rings. The Morgan fingerprint density at radius 2 is 0.800 bits per heavy atom. The van der Waals surface area contributed by atoms with E-state index in [0.29, 0.717) is 0 Å². The molecule has 0 amide bonds. The van der Waals surface area contributed by atoms with Gasteiger partial charge in [-0.2, -0.15) is 0 Å². The van der Waals surface area contributed by atoms with Gasteiger partial charge in [0.1, 0.15) is 0 Å². The minimum atomic E-state index is -0.412. The van der Waals surface area contributed by atoms with Crippen LogP contribution in [0, 0.1) is 0 Å². The molecule has 0 saturated heterocycles. The van der Waals surface area contributed by atoms with Crippen LogP contribution in [0.4, 0.5) is 17.1 Å². The van der Waals surface area contributed by atoms with Gasteiger partial charge in [-0.15, -0.1) is 0 Å². The lowest BCUT2D eigenvalue weighted by Crippen LogP contribution is -2.26. The molecule has 4 aliphatic carbocycles. The highest BCUT2D eigenvalue weighted by Gasteiger charge is 2.51. The van der Waals surface area contributed by atoms with Crippen molar-refractivity contribution in [3.8, 4) is 44.5 Å². The topological polar surface area (TPSA) is 3.24 Å². The van der Waals surface area contributed by atoms with Crippen LogP contribution in [-0.4, -0.2) is 0 Å². The van der Waals surface area contributed by atoms with Crippen LogP contribution >= 0.6 is 0 Å². The molecule has 1 heteroatoms. The van der Waals surface area contributed by atoms with E-state index in [9.17, 15) is 0 Å². The third-order valence-electron chi connectivity index (χ3n) is 13.8. The molecule has 280 valence electrons. The number of allylic oxidation sites excluding steroid dienone is 1. The molecule has 0 N–H and O–H groups in total. The molecular weight excluding hydrogens is 723 g/mol. The second-order valence-corrected chi connectivity index (χ2v) is 16.7. The van der Waals surface area contributed by atoms with Crippen LogP contribution in [0.5, 0.6) is 0 Å². The monoisotopic (exact) mass is 761 g/mol. The van der Waals surface area contributed by atoms with Gasteiger partial charge in [0.2, 0.25) is 0 Å². The highest BCUT2D eigenvalue weighted by atomic mass is 15.1. The van der Waals surface area contributed by atoms with E-state index in [2.05, 4.69) is 217 Å². The molecule has 0 aromatic heterocycles. The zero-order chi connectivity index (χ0) is 39.4. The zero-order valence-electron chi connectivity index (χ0n) is 33.1. The summed E-state index contributed by atoms with van der Waals surface area (Å²) in [5.41, 5.74) is 27.4. The maximum atomic E-state index is 2.49. The molecule has 4 aliphatic rings. The molecule has 13 rings (SSSR count). The van der Waals surface area contributed by atoms with E-state index in [1.54, 1.807) is 5.57 Å². The third-order valence-corrected chi connectivity index (χ3v) is 13.8. The summed E-state index contributed by atoms with van der Waals surface area (Å²) in [4.78, 5) is 2.45. The van der Waals surface area contributed by atoms with Crippen molar-refractivity contribution < 1.29 is 0 Å². The van der Waals surface area contributed by atoms with Gasteiger partial charge < -0.3 is 4.90 Å². The van der Waals surface area contributed by atoms with Crippen molar-refractivity contribution >= 4 is 22.6 Å². The number of nitrogens with zero attached hydrogens (tertiary/aromatic N) is 1. The first-order valence-electron chi connectivity index (χ1n) is 21.2. The standard InChI is InChI=1S/C59H39N/c1-2-13-38(14-3-1)39-25-29-43(30-26-39)60(44-31-27-40(28-32-44)46-20-12-21-52-53(46)36-42-35-41-15-4-5-16-47(41)58(42)52)45-33-34-51-50-19-8-11-24-56(50)59(57(51)37-45)54-22-9-6-17-48(54)49-18-7-10-23-55(49)59/h1-34,37H,35-36H2. The summed E-state index contributed by atoms with van der Waals surface area (Å²) in [5.74, 6) is 0. The number of benzene rings is 9. The summed E-state index contributed by atoms with van der Waals surface area (Å²) < 4.78 is 0. The molecule has 0 heterocycles. The number of hydrogen-bond acceptors (Lipinski definition) is 1. The van der Waals surface area contributed by atoms with Crippen molar-refractivity contribution in [1.82, 2.24) is 0 Å². The Bertz CT molecular complexity index is 3180. The molecule has 0 atom stereocenters. The van der Waals surface area contributed by atoms with Gasteiger partial charge in [0, 0.05) is 17.1 Å². The summed E-state index contributed by atoms with van der Waals surface area (Å²) >= 11 is 0. The van der Waals surface area contributed by atoms with Crippen molar-refractivity contribution in [2.45, 2.75) is 18.3 Å². The fourth-order valence-electron chi connectivity index (χ4n) is 11.3. The van der Waals surface area contributed by atoms with Crippen LogP contribution in [0.1, 0.15) is 44.5 Å². The van der Waals surface area contributed by atoms with Crippen LogP contribution in [0.15, 0.2) is 218 Å². The van der Waals surface area contributed by atoms with E-state index in [-0.39, 0.29) is 0 Å². The number of rotatable bonds is 5. The van der Waals surface area contributed by atoms with E-state index >= 15 is 0 Å². The predicted molar refractivity (Wildman–Crippen MR) is 248 cm³/mol. The first kappa shape index (κ1) is 33.5. The van der Waals surface area contributed by atoms with Gasteiger partial charge in [-0.25, -0.2) is 0 Å². The maximum absolute atomic E-state index is 2.49. The highest BCUT2D eigenvalue weighted by molar-refractivity contribution is 5.97. The van der Waals surface area contributed by atoms with Gasteiger partial charge in [0.15, 0.2) is 0 Å². The van der Waals surface area contributed by atoms with E-state index in [1.165, 1.54) is 94.6 Å². The molecular formula is C59H39N. The maximum Gasteiger partial charge on any atom is 0.0726 e. The molecule has 0 radical (unpaired) electrons. The lowest BCUT2D eigenvalue weighted by atomic mass is 9.70. The van der Waals surface area contributed by atoms with Gasteiger partial charge in [0.05, 0.1) is 5.41 Å². The summed E-state index contributed by atoms with van der Waals surface area (Å²) in [6.07, 6.45) is 2.07. The first-order valence-corrected chi connectivity index (χ1v) is 21.2. The average Bonchev–Trinajstić information content (AvgIpc) is 4.04. The van der Waals surface area contributed by atoms with E-state index < -0.39 is 5.41 Å². The second-order valence-electron chi connectivity index (χ2n) is 16.7. The van der Waals surface area contributed by atoms with Crippen LogP contribution in [0.2, 0.25) is 0 Å². The van der Waals surface area contributed by atoms with Gasteiger partial charge in [-0.3, -0.25) is 0 Å². The molecule has 9 aromatic carbocycles. The quantitative estimate of drug-likeness (QED) is 0.169. The van der Waals surface area contributed by atoms with E-state index in [1.807, 2.05) is 0 Å². The van der Waals surface area contributed by atoms with Gasteiger partial charge >= 0.3 is 0 Å². The fraction of sp³-hybridized carbons (Fsp3) is 0.0508. The molecule has 1 spiro atoms. The van der Waals surface area contributed by atoms with Crippen molar-refractivity contribution in [2.75, 3.05) is 4.90 Å². The molecule has 0 bridgehead atoms. The van der Waals surface area contributed by atoms with E-state index in [4.69, 9.17) is 0 Å².